The molecule has 0 N–H and O–H groups in total. The molecule has 0 rings (SSSR count). The molecule has 0 aliphatic heterocycles. The number of allylic oxidation sites excluding steroid dienone is 1. The van der Waals surface area contributed by atoms with Crippen molar-refractivity contribution < 1.29 is 0 Å². The number of hydrogen-bond donors (Lipinski definition) is 0. The van der Waals surface area contributed by atoms with E-state index in [4.69, 9.17) is 15.7 Å². The van der Waals surface area contributed by atoms with Gasteiger partial charge in [-0.05, 0) is 6.42 Å². The first-order valence-corrected chi connectivity index (χ1v) is 2.98. The molecular formula is C6H10B2. The summed E-state index contributed by atoms with van der Waals surface area (Å²) in [5, 5.41) is 0. The quantitative estimate of drug-likeness (QED) is 0.373. The minimum atomic E-state index is 0.790. The van der Waals surface area contributed by atoms with Gasteiger partial charge in [0.2, 0.25) is 0 Å². The van der Waals surface area contributed by atoms with Gasteiger partial charge < -0.3 is 0 Å². The van der Waals surface area contributed by atoms with Crippen molar-refractivity contribution in [1.29, 1.82) is 0 Å². The summed E-state index contributed by atoms with van der Waals surface area (Å²) in [6.45, 7) is 0. The average Bonchev–Trinajstić information content (AvgIpc) is 1.81. The molecule has 8 heavy (non-hydrogen) atoms. The standard InChI is InChI=1S/C6H10B2/c7-5-3-1-2-4-6-8/h3,5H,1-2,4,6H2. The number of unbranched alkanes of at least 4 members (excludes halogenated alkanes) is 2. The van der Waals surface area contributed by atoms with Crippen LogP contribution < -0.4 is 0 Å². The van der Waals surface area contributed by atoms with Gasteiger partial charge in [-0.15, -0.1) is 5.98 Å². The fourth-order valence-electron chi connectivity index (χ4n) is 0.503. The van der Waals surface area contributed by atoms with Crippen molar-refractivity contribution in [2.45, 2.75) is 25.6 Å². The molecule has 0 aromatic carbocycles. The van der Waals surface area contributed by atoms with Crippen LogP contribution in [0.5, 0.6) is 0 Å². The van der Waals surface area contributed by atoms with E-state index in [1.807, 2.05) is 6.08 Å². The first kappa shape index (κ1) is 7.87. The van der Waals surface area contributed by atoms with Gasteiger partial charge in [0.05, 0.1) is 7.85 Å². The Balaban J connectivity index is 2.72. The molecule has 0 nitrogen and oxygen atoms in total. The van der Waals surface area contributed by atoms with Gasteiger partial charge in [-0.3, -0.25) is 0 Å². The lowest BCUT2D eigenvalue weighted by Gasteiger charge is -1.89. The fourth-order valence-corrected chi connectivity index (χ4v) is 0.503. The van der Waals surface area contributed by atoms with Gasteiger partial charge in [-0.1, -0.05) is 25.2 Å². The van der Waals surface area contributed by atoms with Crippen LogP contribution >= 0.6 is 0 Å². The summed E-state index contributed by atoms with van der Waals surface area (Å²) in [5.41, 5.74) is 0. The van der Waals surface area contributed by atoms with Gasteiger partial charge in [0.15, 0.2) is 0 Å². The van der Waals surface area contributed by atoms with Crippen LogP contribution in [0.2, 0.25) is 6.32 Å². The van der Waals surface area contributed by atoms with E-state index < -0.39 is 0 Å². The Hall–Kier alpha value is -0.130. The SMILES string of the molecule is [B]C=CCCCC[B]. The highest BCUT2D eigenvalue weighted by molar-refractivity contribution is 6.16. The molecule has 0 aromatic heterocycles. The second-order valence-electron chi connectivity index (χ2n) is 1.71. The molecule has 0 amide bonds. The molecule has 0 heterocycles. The summed E-state index contributed by atoms with van der Waals surface area (Å²) in [5.74, 6) is 1.58. The second kappa shape index (κ2) is 6.87. The van der Waals surface area contributed by atoms with Crippen molar-refractivity contribution in [1.82, 2.24) is 0 Å². The van der Waals surface area contributed by atoms with Gasteiger partial charge in [0, 0.05) is 0 Å². The first-order chi connectivity index (χ1) is 3.91. The van der Waals surface area contributed by atoms with E-state index in [0.717, 1.165) is 25.6 Å². The largest absolute Gasteiger partial charge is 0.135 e. The van der Waals surface area contributed by atoms with Gasteiger partial charge in [0.1, 0.15) is 7.85 Å². The third kappa shape index (κ3) is 5.87. The number of rotatable bonds is 4. The lowest BCUT2D eigenvalue weighted by Crippen LogP contribution is -1.71. The van der Waals surface area contributed by atoms with E-state index >= 15 is 0 Å². The molecule has 0 saturated heterocycles. The molecule has 0 atom stereocenters. The Morgan fingerprint density at radius 2 is 2.00 bits per heavy atom. The zero-order chi connectivity index (χ0) is 6.24. The molecule has 0 spiro atoms. The smallest absolute Gasteiger partial charge is 0.102 e. The van der Waals surface area contributed by atoms with Crippen molar-refractivity contribution in [2.75, 3.05) is 0 Å². The third-order valence-electron chi connectivity index (χ3n) is 0.961. The Bertz CT molecular complexity index is 59.5. The average molecular weight is 104 g/mol. The van der Waals surface area contributed by atoms with Gasteiger partial charge >= 0.3 is 0 Å². The highest BCUT2D eigenvalue weighted by Gasteiger charge is 1.78. The van der Waals surface area contributed by atoms with Crippen LogP contribution in [0.4, 0.5) is 0 Å². The van der Waals surface area contributed by atoms with Crippen molar-refractivity contribution in [3.63, 3.8) is 0 Å². The first-order valence-electron chi connectivity index (χ1n) is 2.98. The van der Waals surface area contributed by atoms with Crippen molar-refractivity contribution >= 4 is 15.7 Å². The Kier molecular flexibility index (Phi) is 6.76. The lowest BCUT2D eigenvalue weighted by atomic mass is 9.99. The molecule has 0 aromatic rings. The van der Waals surface area contributed by atoms with Crippen LogP contribution in [-0.2, 0) is 0 Å². The fraction of sp³-hybridized carbons (Fsp3) is 0.667. The van der Waals surface area contributed by atoms with E-state index in [1.54, 1.807) is 5.98 Å². The Morgan fingerprint density at radius 1 is 1.25 bits per heavy atom. The molecule has 0 unspecified atom stereocenters. The highest BCUT2D eigenvalue weighted by Crippen LogP contribution is 1.97. The van der Waals surface area contributed by atoms with Crippen LogP contribution in [0.15, 0.2) is 12.1 Å². The maximum atomic E-state index is 5.26. The van der Waals surface area contributed by atoms with Crippen LogP contribution in [-0.4, -0.2) is 15.7 Å². The van der Waals surface area contributed by atoms with Crippen LogP contribution in [0, 0.1) is 0 Å². The van der Waals surface area contributed by atoms with E-state index in [9.17, 15) is 0 Å². The summed E-state index contributed by atoms with van der Waals surface area (Å²) in [6, 6.07) is 0. The predicted molar refractivity (Wildman–Crippen MR) is 39.3 cm³/mol. The van der Waals surface area contributed by atoms with Crippen LogP contribution in [0.3, 0.4) is 0 Å². The molecule has 0 saturated carbocycles. The zero-order valence-corrected chi connectivity index (χ0v) is 5.14. The van der Waals surface area contributed by atoms with E-state index in [1.165, 1.54) is 0 Å². The van der Waals surface area contributed by atoms with E-state index in [0.29, 0.717) is 0 Å². The summed E-state index contributed by atoms with van der Waals surface area (Å²) < 4.78 is 0. The van der Waals surface area contributed by atoms with Crippen LogP contribution in [0.25, 0.3) is 0 Å². The topological polar surface area (TPSA) is 0 Å². The Morgan fingerprint density at radius 3 is 2.50 bits per heavy atom. The molecule has 4 radical (unpaired) electrons. The third-order valence-corrected chi connectivity index (χ3v) is 0.961. The second-order valence-corrected chi connectivity index (χ2v) is 1.71. The minimum absolute atomic E-state index is 0.790. The minimum Gasteiger partial charge on any atom is -0.135 e. The lowest BCUT2D eigenvalue weighted by molar-refractivity contribution is 0.814. The molecule has 0 aliphatic carbocycles. The van der Waals surface area contributed by atoms with E-state index in [-0.39, 0.29) is 0 Å². The Labute approximate surface area is 54.2 Å². The number of hydrogen-bond acceptors (Lipinski definition) is 0. The van der Waals surface area contributed by atoms with Gasteiger partial charge in [-0.25, -0.2) is 0 Å². The molecule has 0 bridgehead atoms. The molecule has 2 heteroatoms. The van der Waals surface area contributed by atoms with Gasteiger partial charge in [0.25, 0.3) is 0 Å². The monoisotopic (exact) mass is 104 g/mol. The molecule has 0 aliphatic rings. The summed E-state index contributed by atoms with van der Waals surface area (Å²) in [4.78, 5) is 0. The summed E-state index contributed by atoms with van der Waals surface area (Å²) in [7, 11) is 10.4. The van der Waals surface area contributed by atoms with Crippen molar-refractivity contribution in [3.05, 3.63) is 12.1 Å². The molecule has 0 fully saturated rings. The molecular weight excluding hydrogens is 93.7 g/mol. The maximum absolute atomic E-state index is 5.26. The van der Waals surface area contributed by atoms with Gasteiger partial charge in [-0.2, -0.15) is 0 Å². The predicted octanol–water partition coefficient (Wildman–Crippen LogP) is 1.43. The van der Waals surface area contributed by atoms with E-state index in [2.05, 4.69) is 0 Å². The summed E-state index contributed by atoms with van der Waals surface area (Å²) in [6.07, 6.45) is 6.07. The highest BCUT2D eigenvalue weighted by atomic mass is 13.8. The molecule has 40 valence electrons. The van der Waals surface area contributed by atoms with Crippen LogP contribution in [0.1, 0.15) is 19.3 Å². The summed E-state index contributed by atoms with van der Waals surface area (Å²) >= 11 is 0. The maximum Gasteiger partial charge on any atom is 0.102 e. The van der Waals surface area contributed by atoms with Crippen molar-refractivity contribution in [3.8, 4) is 0 Å². The zero-order valence-electron chi connectivity index (χ0n) is 5.14. The normalized spacial score (nSPS) is 10.5. The van der Waals surface area contributed by atoms with Crippen molar-refractivity contribution in [2.24, 2.45) is 0 Å².